The molecule has 9 aromatic rings. The highest BCUT2D eigenvalue weighted by Gasteiger charge is 2.36. The third kappa shape index (κ3) is 3.67. The lowest BCUT2D eigenvalue weighted by Gasteiger charge is -2.23. The molecule has 8 aromatic carbocycles. The van der Waals surface area contributed by atoms with Gasteiger partial charge < -0.3 is 4.42 Å². The Bertz CT molecular complexity index is 2890. The third-order valence-electron chi connectivity index (χ3n) is 11.1. The summed E-state index contributed by atoms with van der Waals surface area (Å²) in [7, 11) is 31.9. The fourth-order valence-electron chi connectivity index (χ4n) is 8.64. The molecule has 1 aromatic heterocycles. The van der Waals surface area contributed by atoms with Crippen LogP contribution in [0, 0.1) is 0 Å². The molecular weight excluding hydrogens is 587 g/mol. The molecule has 0 saturated heterocycles. The van der Waals surface area contributed by atoms with Crippen molar-refractivity contribution < 1.29 is 4.42 Å². The molecule has 0 atom stereocenters. The Morgan fingerprint density at radius 3 is 1.73 bits per heavy atom. The van der Waals surface area contributed by atoms with E-state index in [-0.39, 0.29) is 21.8 Å². The van der Waals surface area contributed by atoms with Gasteiger partial charge in [-0.2, -0.15) is 0 Å². The van der Waals surface area contributed by atoms with Crippen LogP contribution in [-0.2, 0) is 5.41 Å². The third-order valence-corrected chi connectivity index (χ3v) is 11.1. The summed E-state index contributed by atoms with van der Waals surface area (Å²) in [6.07, 6.45) is 0. The summed E-state index contributed by atoms with van der Waals surface area (Å²) in [6.45, 7) is 4.60. The summed E-state index contributed by atoms with van der Waals surface area (Å²) in [5.74, 6) is 0. The van der Waals surface area contributed by atoms with Crippen LogP contribution < -0.4 is 27.3 Å². The number of hydrogen-bond acceptors (Lipinski definition) is 1. The second-order valence-electron chi connectivity index (χ2n) is 13.9. The van der Waals surface area contributed by atoms with Gasteiger partial charge in [-0.15, -0.1) is 16.4 Å². The van der Waals surface area contributed by atoms with Crippen molar-refractivity contribution in [2.75, 3.05) is 0 Å². The summed E-state index contributed by atoms with van der Waals surface area (Å²) in [5, 5.41) is 8.96. The lowest BCUT2D eigenvalue weighted by molar-refractivity contribution is 0.647. The molecule has 1 aliphatic rings. The number of hydrogen-bond donors (Lipinski definition) is 0. The van der Waals surface area contributed by atoms with Crippen molar-refractivity contribution in [3.8, 4) is 33.4 Å². The van der Waals surface area contributed by atoms with Gasteiger partial charge in [0.15, 0.2) is 0 Å². The lowest BCUT2D eigenvalue weighted by atomic mass is 9.59. The van der Waals surface area contributed by atoms with Gasteiger partial charge in [0, 0.05) is 16.2 Å². The van der Waals surface area contributed by atoms with Gasteiger partial charge in [-0.05, 0) is 95.0 Å². The minimum atomic E-state index is -0.105. The number of fused-ring (bicyclic) bond motifs is 6. The highest BCUT2D eigenvalue weighted by Crippen LogP contribution is 2.52. The Balaban J connectivity index is 1.26. The molecule has 10 radical (unpaired) electrons. The maximum Gasteiger partial charge on any atom is 0.136 e. The number of benzene rings is 8. The molecule has 0 saturated carbocycles. The topological polar surface area (TPSA) is 13.1 Å². The van der Waals surface area contributed by atoms with E-state index in [1.807, 2.05) is 6.07 Å². The molecule has 0 unspecified atom stereocenters. The summed E-state index contributed by atoms with van der Waals surface area (Å²) in [6, 6.07) is 37.0. The Labute approximate surface area is 291 Å². The fourth-order valence-corrected chi connectivity index (χ4v) is 8.64. The van der Waals surface area contributed by atoms with Gasteiger partial charge in [-0.1, -0.05) is 110 Å². The van der Waals surface area contributed by atoms with E-state index < -0.39 is 0 Å². The molecule has 10 rings (SSSR count). The van der Waals surface area contributed by atoms with Gasteiger partial charge in [0.1, 0.15) is 50.4 Å². The summed E-state index contributed by atoms with van der Waals surface area (Å²) >= 11 is 0. The first-order chi connectivity index (χ1) is 23.6. The monoisotopic (exact) mass is 610 g/mol. The molecule has 0 aliphatic heterocycles. The molecule has 1 aliphatic carbocycles. The van der Waals surface area contributed by atoms with Crippen LogP contribution in [-0.4, -0.2) is 39.2 Å². The average molecular weight is 610 g/mol. The van der Waals surface area contributed by atoms with Crippen molar-refractivity contribution in [2.45, 2.75) is 19.3 Å². The fraction of sp³-hybridized carbons (Fsp3) is 0.0698. The van der Waals surface area contributed by atoms with Gasteiger partial charge in [-0.3, -0.25) is 0 Å². The molecule has 216 valence electrons. The van der Waals surface area contributed by atoms with Gasteiger partial charge in [0.05, 0.1) is 0 Å². The number of furan rings is 1. The average Bonchev–Trinajstić information content (AvgIpc) is 3.60. The summed E-state index contributed by atoms with van der Waals surface area (Å²) in [4.78, 5) is 0. The van der Waals surface area contributed by atoms with E-state index >= 15 is 0 Å². The van der Waals surface area contributed by atoms with Crippen molar-refractivity contribution in [1.82, 2.24) is 0 Å². The SMILES string of the molecule is [B]c1c([B])c([B])c(-c2ccc3ccc4c(-c5cccc6oc7cc8c(cc7c56)-c5ccccc5C8(C)C)ccc5ccc2c3c54)c([B])c1[B]. The van der Waals surface area contributed by atoms with Crippen LogP contribution in [0.5, 0.6) is 0 Å². The van der Waals surface area contributed by atoms with Crippen LogP contribution in [0.4, 0.5) is 0 Å². The van der Waals surface area contributed by atoms with Crippen LogP contribution in [0.3, 0.4) is 0 Å². The zero-order valence-corrected chi connectivity index (χ0v) is 27.1. The quantitative estimate of drug-likeness (QED) is 0.171. The zero-order valence-electron chi connectivity index (χ0n) is 27.1. The van der Waals surface area contributed by atoms with E-state index in [9.17, 15) is 0 Å². The van der Waals surface area contributed by atoms with Crippen LogP contribution in [0.2, 0.25) is 0 Å². The van der Waals surface area contributed by atoms with E-state index in [0.29, 0.717) is 16.5 Å². The molecule has 0 spiro atoms. The van der Waals surface area contributed by atoms with E-state index in [1.165, 1.54) is 27.6 Å². The van der Waals surface area contributed by atoms with E-state index in [2.05, 4.69) is 111 Å². The summed E-state index contributed by atoms with van der Waals surface area (Å²) < 4.78 is 6.62. The standard InChI is InChI=1S/C43H23B5O/c1-43(2)30-8-4-3-6-23(30)28-18-29-33(19-31(28)43)49-32-9-5-7-24(36(29)32)22-14-10-20-12-16-26-27(17-13-21-11-15-25(22)34(20)35(21)26)37-38(44)40(46)42(48)41(47)39(37)45/h3-19H,1-2H3. The highest BCUT2D eigenvalue weighted by atomic mass is 16.3. The molecular formula is C43H23B5O. The molecule has 49 heavy (non-hydrogen) atoms. The van der Waals surface area contributed by atoms with Gasteiger partial charge >= 0.3 is 0 Å². The maximum absolute atomic E-state index is 6.62. The van der Waals surface area contributed by atoms with Gasteiger partial charge in [0.2, 0.25) is 0 Å². The molecule has 0 bridgehead atoms. The van der Waals surface area contributed by atoms with Gasteiger partial charge in [0.25, 0.3) is 0 Å². The molecule has 0 N–H and O–H groups in total. The number of rotatable bonds is 2. The second kappa shape index (κ2) is 9.76. The predicted molar refractivity (Wildman–Crippen MR) is 213 cm³/mol. The normalized spacial score (nSPS) is 13.7. The van der Waals surface area contributed by atoms with Crippen molar-refractivity contribution in [2.24, 2.45) is 0 Å². The Morgan fingerprint density at radius 2 is 1.02 bits per heavy atom. The highest BCUT2D eigenvalue weighted by molar-refractivity contribution is 6.69. The Kier molecular flexibility index (Phi) is 5.75. The molecule has 1 nitrogen and oxygen atoms in total. The summed E-state index contributed by atoms with van der Waals surface area (Å²) in [5.41, 5.74) is 12.0. The van der Waals surface area contributed by atoms with Gasteiger partial charge in [-0.25, -0.2) is 0 Å². The van der Waals surface area contributed by atoms with E-state index in [0.717, 1.165) is 65.6 Å². The zero-order chi connectivity index (χ0) is 33.5. The minimum absolute atomic E-state index is 0.105. The van der Waals surface area contributed by atoms with E-state index in [1.54, 1.807) is 0 Å². The molecule has 0 amide bonds. The predicted octanol–water partition coefficient (Wildman–Crippen LogP) is 6.09. The molecule has 1 heterocycles. The van der Waals surface area contributed by atoms with Crippen molar-refractivity contribution in [1.29, 1.82) is 0 Å². The largest absolute Gasteiger partial charge is 0.456 e. The van der Waals surface area contributed by atoms with Crippen molar-refractivity contribution in [3.63, 3.8) is 0 Å². The first-order valence-corrected chi connectivity index (χ1v) is 16.5. The molecule has 0 fully saturated rings. The van der Waals surface area contributed by atoms with Crippen molar-refractivity contribution >= 4 is 121 Å². The Morgan fingerprint density at radius 1 is 0.429 bits per heavy atom. The minimum Gasteiger partial charge on any atom is -0.456 e. The van der Waals surface area contributed by atoms with Crippen LogP contribution in [0.15, 0.2) is 108 Å². The second-order valence-corrected chi connectivity index (χ2v) is 13.9. The van der Waals surface area contributed by atoms with Crippen LogP contribution in [0.25, 0.3) is 87.6 Å². The maximum atomic E-state index is 6.62. The van der Waals surface area contributed by atoms with Crippen LogP contribution in [0.1, 0.15) is 25.0 Å². The van der Waals surface area contributed by atoms with Crippen LogP contribution >= 0.6 is 0 Å². The first-order valence-electron chi connectivity index (χ1n) is 16.5. The smallest absolute Gasteiger partial charge is 0.136 e. The lowest BCUT2D eigenvalue weighted by Crippen LogP contribution is -2.55. The van der Waals surface area contributed by atoms with E-state index in [4.69, 9.17) is 43.6 Å². The molecule has 6 heteroatoms. The first kappa shape index (κ1) is 28.9. The van der Waals surface area contributed by atoms with Crippen molar-refractivity contribution in [3.05, 3.63) is 114 Å². The Hall–Kier alpha value is -5.08.